The van der Waals surface area contributed by atoms with Crippen LogP contribution < -0.4 is 4.74 Å². The number of rotatable bonds is 8. The third-order valence-electron chi connectivity index (χ3n) is 2.99. The zero-order chi connectivity index (χ0) is 13.4. The van der Waals surface area contributed by atoms with E-state index in [9.17, 15) is 0 Å². The maximum Gasteiger partial charge on any atom is 0.118 e. The summed E-state index contributed by atoms with van der Waals surface area (Å²) in [6.07, 6.45) is 2.49. The maximum absolute atomic E-state index is 9.02. The monoisotopic (exact) mass is 250 g/mol. The topological polar surface area (TPSA) is 38.7 Å². The van der Waals surface area contributed by atoms with Crippen molar-refractivity contribution in [3.63, 3.8) is 0 Å². The van der Waals surface area contributed by atoms with E-state index < -0.39 is 0 Å². The van der Waals surface area contributed by atoms with E-state index in [1.807, 2.05) is 37.3 Å². The fourth-order valence-corrected chi connectivity index (χ4v) is 1.70. The average Bonchev–Trinajstić information content (AvgIpc) is 2.43. The predicted octanol–water partition coefficient (Wildman–Crippen LogP) is 2.78. The highest BCUT2D eigenvalue weighted by Crippen LogP contribution is 2.16. The SMILES string of the molecule is C=C[C@H](C)[C@@H](CCO)OCc1ccc(OC)cc1. The molecule has 1 N–H and O–H groups in total. The highest BCUT2D eigenvalue weighted by molar-refractivity contribution is 5.26. The quantitative estimate of drug-likeness (QED) is 0.721. The Morgan fingerprint density at radius 1 is 1.33 bits per heavy atom. The number of hydrogen-bond donors (Lipinski definition) is 1. The van der Waals surface area contributed by atoms with Crippen LogP contribution in [-0.2, 0) is 11.3 Å². The zero-order valence-electron chi connectivity index (χ0n) is 11.1. The van der Waals surface area contributed by atoms with Crippen LogP contribution in [0.15, 0.2) is 36.9 Å². The van der Waals surface area contributed by atoms with E-state index in [1.165, 1.54) is 0 Å². The minimum Gasteiger partial charge on any atom is -0.497 e. The maximum atomic E-state index is 9.02. The molecule has 3 heteroatoms. The summed E-state index contributed by atoms with van der Waals surface area (Å²) in [6, 6.07) is 7.79. The molecule has 0 bridgehead atoms. The summed E-state index contributed by atoms with van der Waals surface area (Å²) in [5, 5.41) is 9.02. The molecule has 100 valence electrons. The third kappa shape index (κ3) is 4.51. The fraction of sp³-hybridized carbons (Fsp3) is 0.467. The molecule has 0 heterocycles. The van der Waals surface area contributed by atoms with E-state index in [0.29, 0.717) is 13.0 Å². The lowest BCUT2D eigenvalue weighted by molar-refractivity contribution is 0.00284. The Hall–Kier alpha value is -1.32. The summed E-state index contributed by atoms with van der Waals surface area (Å²) >= 11 is 0. The van der Waals surface area contributed by atoms with Crippen LogP contribution in [-0.4, -0.2) is 24.9 Å². The van der Waals surface area contributed by atoms with E-state index in [2.05, 4.69) is 6.58 Å². The van der Waals surface area contributed by atoms with Crippen molar-refractivity contribution < 1.29 is 14.6 Å². The molecule has 0 aliphatic rings. The van der Waals surface area contributed by atoms with E-state index >= 15 is 0 Å². The van der Waals surface area contributed by atoms with Crippen LogP contribution in [0.1, 0.15) is 18.9 Å². The first-order valence-electron chi connectivity index (χ1n) is 6.19. The smallest absolute Gasteiger partial charge is 0.118 e. The summed E-state index contributed by atoms with van der Waals surface area (Å²) in [5.74, 6) is 1.07. The Kier molecular flexibility index (Phi) is 6.47. The second-order valence-corrected chi connectivity index (χ2v) is 4.30. The first kappa shape index (κ1) is 14.7. The minimum atomic E-state index is 0.00889. The molecular weight excluding hydrogens is 228 g/mol. The van der Waals surface area contributed by atoms with E-state index in [1.54, 1.807) is 7.11 Å². The van der Waals surface area contributed by atoms with Gasteiger partial charge in [0.25, 0.3) is 0 Å². The number of ether oxygens (including phenoxy) is 2. The Bertz CT molecular complexity index is 345. The van der Waals surface area contributed by atoms with Crippen molar-refractivity contribution in [2.75, 3.05) is 13.7 Å². The van der Waals surface area contributed by atoms with Gasteiger partial charge in [-0.3, -0.25) is 0 Å². The van der Waals surface area contributed by atoms with Gasteiger partial charge in [0.2, 0.25) is 0 Å². The van der Waals surface area contributed by atoms with Crippen LogP contribution in [0.3, 0.4) is 0 Å². The van der Waals surface area contributed by atoms with Gasteiger partial charge in [-0.15, -0.1) is 6.58 Å². The molecule has 0 amide bonds. The second-order valence-electron chi connectivity index (χ2n) is 4.30. The van der Waals surface area contributed by atoms with Gasteiger partial charge in [-0.25, -0.2) is 0 Å². The Balaban J connectivity index is 2.52. The van der Waals surface area contributed by atoms with Gasteiger partial charge in [-0.1, -0.05) is 25.1 Å². The molecule has 0 fully saturated rings. The van der Waals surface area contributed by atoms with Crippen molar-refractivity contribution in [3.8, 4) is 5.75 Å². The highest BCUT2D eigenvalue weighted by atomic mass is 16.5. The van der Waals surface area contributed by atoms with Crippen LogP contribution in [0.2, 0.25) is 0 Å². The molecule has 0 saturated heterocycles. The lowest BCUT2D eigenvalue weighted by Crippen LogP contribution is -2.21. The van der Waals surface area contributed by atoms with Crippen molar-refractivity contribution in [1.29, 1.82) is 0 Å². The van der Waals surface area contributed by atoms with Crippen molar-refractivity contribution in [2.24, 2.45) is 5.92 Å². The molecule has 3 nitrogen and oxygen atoms in total. The van der Waals surface area contributed by atoms with Gasteiger partial charge in [0, 0.05) is 12.5 Å². The van der Waals surface area contributed by atoms with Crippen LogP contribution >= 0.6 is 0 Å². The number of benzene rings is 1. The first-order valence-corrected chi connectivity index (χ1v) is 6.19. The third-order valence-corrected chi connectivity index (χ3v) is 2.99. The van der Waals surface area contributed by atoms with Crippen LogP contribution in [0, 0.1) is 5.92 Å². The normalized spacial score (nSPS) is 13.9. The van der Waals surface area contributed by atoms with Gasteiger partial charge < -0.3 is 14.6 Å². The molecule has 0 aliphatic heterocycles. The molecule has 0 aromatic heterocycles. The van der Waals surface area contributed by atoms with Crippen LogP contribution in [0.25, 0.3) is 0 Å². The lowest BCUT2D eigenvalue weighted by atomic mass is 10.0. The first-order chi connectivity index (χ1) is 8.71. The zero-order valence-corrected chi connectivity index (χ0v) is 11.1. The predicted molar refractivity (Wildman–Crippen MR) is 72.6 cm³/mol. The summed E-state index contributed by atoms with van der Waals surface area (Å²) < 4.78 is 10.9. The lowest BCUT2D eigenvalue weighted by Gasteiger charge is -2.21. The molecule has 0 unspecified atom stereocenters. The van der Waals surface area contributed by atoms with Gasteiger partial charge >= 0.3 is 0 Å². The molecular formula is C15H22O3. The molecule has 2 atom stereocenters. The van der Waals surface area contributed by atoms with Crippen molar-refractivity contribution in [2.45, 2.75) is 26.1 Å². The summed E-state index contributed by atoms with van der Waals surface area (Å²) in [5.41, 5.74) is 1.09. The van der Waals surface area contributed by atoms with Gasteiger partial charge in [0.15, 0.2) is 0 Å². The number of aliphatic hydroxyl groups excluding tert-OH is 1. The Labute approximate surface area is 109 Å². The minimum absolute atomic E-state index is 0.00889. The van der Waals surface area contributed by atoms with E-state index in [0.717, 1.165) is 11.3 Å². The molecule has 0 radical (unpaired) electrons. The highest BCUT2D eigenvalue weighted by Gasteiger charge is 2.14. The molecule has 0 aliphatic carbocycles. The number of hydrogen-bond acceptors (Lipinski definition) is 3. The van der Waals surface area contributed by atoms with Gasteiger partial charge in [0.1, 0.15) is 5.75 Å². The van der Waals surface area contributed by atoms with E-state index in [4.69, 9.17) is 14.6 Å². The Morgan fingerprint density at radius 2 is 2.00 bits per heavy atom. The summed E-state index contributed by atoms with van der Waals surface area (Å²) in [4.78, 5) is 0. The molecule has 1 rings (SSSR count). The molecule has 18 heavy (non-hydrogen) atoms. The average molecular weight is 250 g/mol. The molecule has 1 aromatic carbocycles. The molecule has 1 aromatic rings. The van der Waals surface area contributed by atoms with Crippen LogP contribution in [0.4, 0.5) is 0 Å². The molecule has 0 saturated carbocycles. The van der Waals surface area contributed by atoms with Crippen molar-refractivity contribution in [1.82, 2.24) is 0 Å². The number of aliphatic hydroxyl groups is 1. The fourth-order valence-electron chi connectivity index (χ4n) is 1.70. The van der Waals surface area contributed by atoms with Crippen molar-refractivity contribution in [3.05, 3.63) is 42.5 Å². The summed E-state index contributed by atoms with van der Waals surface area (Å²) in [6.45, 7) is 6.47. The Morgan fingerprint density at radius 3 is 2.50 bits per heavy atom. The van der Waals surface area contributed by atoms with Gasteiger partial charge in [-0.2, -0.15) is 0 Å². The summed E-state index contributed by atoms with van der Waals surface area (Å²) in [7, 11) is 1.65. The van der Waals surface area contributed by atoms with Crippen LogP contribution in [0.5, 0.6) is 5.75 Å². The van der Waals surface area contributed by atoms with E-state index in [-0.39, 0.29) is 18.6 Å². The number of methoxy groups -OCH3 is 1. The van der Waals surface area contributed by atoms with Gasteiger partial charge in [0.05, 0.1) is 19.8 Å². The largest absolute Gasteiger partial charge is 0.497 e. The standard InChI is InChI=1S/C15H22O3/c1-4-12(2)15(9-10-16)18-11-13-5-7-14(17-3)8-6-13/h4-8,12,15-16H,1,9-11H2,2-3H3/t12-,15+/m0/s1. The van der Waals surface area contributed by atoms with Gasteiger partial charge in [-0.05, 0) is 24.1 Å². The molecule has 0 spiro atoms. The second kappa shape index (κ2) is 7.90. The van der Waals surface area contributed by atoms with Crippen molar-refractivity contribution >= 4 is 0 Å².